The van der Waals surface area contributed by atoms with Gasteiger partial charge in [-0.25, -0.2) is 4.79 Å². The van der Waals surface area contributed by atoms with Gasteiger partial charge in [0.1, 0.15) is 0 Å². The van der Waals surface area contributed by atoms with Gasteiger partial charge in [-0.05, 0) is 38.3 Å². The van der Waals surface area contributed by atoms with E-state index in [1.807, 2.05) is 31.2 Å². The Morgan fingerprint density at radius 1 is 1.08 bits per heavy atom. The number of nitrogens with zero attached hydrogens (tertiary/aromatic N) is 1. The molecule has 2 fully saturated rings. The van der Waals surface area contributed by atoms with Crippen LogP contribution in [-0.4, -0.2) is 48.6 Å². The predicted molar refractivity (Wildman–Crippen MR) is 97.5 cm³/mol. The molecular weight excluding hydrogens is 316 g/mol. The lowest BCUT2D eigenvalue weighted by atomic mass is 9.83. The maximum Gasteiger partial charge on any atom is 0.321 e. The van der Waals surface area contributed by atoms with Gasteiger partial charge in [-0.2, -0.15) is 0 Å². The molecule has 0 spiro atoms. The second-order valence-electron chi connectivity index (χ2n) is 7.39. The second-order valence-corrected chi connectivity index (χ2v) is 7.39. The zero-order valence-electron chi connectivity index (χ0n) is 15.0. The molecular formula is C19H29N4O2+. The molecule has 0 radical (unpaired) electrons. The van der Waals surface area contributed by atoms with Crippen LogP contribution in [0.2, 0.25) is 0 Å². The lowest BCUT2D eigenvalue weighted by Crippen LogP contribution is -3.22. The third-order valence-electron chi connectivity index (χ3n) is 5.81. The molecule has 6 nitrogen and oxygen atoms in total. The van der Waals surface area contributed by atoms with Crippen molar-refractivity contribution >= 4 is 17.6 Å². The number of carbonyl (C=O) groups is 2. The highest BCUT2D eigenvalue weighted by Crippen LogP contribution is 2.21. The lowest BCUT2D eigenvalue weighted by molar-refractivity contribution is -0.948. The number of hydrogen-bond donors (Lipinski definition) is 3. The van der Waals surface area contributed by atoms with E-state index in [0.717, 1.165) is 37.2 Å². The fourth-order valence-corrected chi connectivity index (χ4v) is 4.16. The van der Waals surface area contributed by atoms with Gasteiger partial charge in [0.2, 0.25) is 0 Å². The quantitative estimate of drug-likeness (QED) is 0.761. The lowest BCUT2D eigenvalue weighted by Gasteiger charge is -2.45. The van der Waals surface area contributed by atoms with Crippen LogP contribution in [0.15, 0.2) is 24.3 Å². The zero-order chi connectivity index (χ0) is 17.9. The van der Waals surface area contributed by atoms with E-state index >= 15 is 0 Å². The summed E-state index contributed by atoms with van der Waals surface area (Å²) in [6.45, 7) is 5.19. The molecule has 3 amide bonds. The van der Waals surface area contributed by atoms with Crippen LogP contribution in [0, 0.1) is 6.92 Å². The van der Waals surface area contributed by atoms with E-state index in [1.54, 1.807) is 4.90 Å². The minimum atomic E-state index is -0.499. The third-order valence-corrected chi connectivity index (χ3v) is 5.81. The Labute approximate surface area is 149 Å². The van der Waals surface area contributed by atoms with Crippen molar-refractivity contribution in [3.63, 3.8) is 0 Å². The highest BCUT2D eigenvalue weighted by molar-refractivity contribution is 5.90. The largest absolute Gasteiger partial charge is 0.364 e. The normalized spacial score (nSPS) is 20.9. The highest BCUT2D eigenvalue weighted by Gasteiger charge is 2.49. The molecule has 2 aliphatic rings. The van der Waals surface area contributed by atoms with Crippen LogP contribution in [-0.2, 0) is 4.79 Å². The number of likely N-dealkylation sites (tertiary alicyclic amines) is 2. The van der Waals surface area contributed by atoms with Gasteiger partial charge in [0, 0.05) is 31.6 Å². The van der Waals surface area contributed by atoms with Crippen molar-refractivity contribution in [2.45, 2.75) is 44.6 Å². The number of quaternary nitrogens is 1. The second kappa shape index (κ2) is 7.44. The van der Waals surface area contributed by atoms with Gasteiger partial charge < -0.3 is 20.9 Å². The minimum Gasteiger partial charge on any atom is -0.364 e. The van der Waals surface area contributed by atoms with Crippen LogP contribution in [0.5, 0.6) is 0 Å². The Balaban J connectivity index is 1.62. The average molecular weight is 345 g/mol. The van der Waals surface area contributed by atoms with E-state index in [-0.39, 0.29) is 11.9 Å². The van der Waals surface area contributed by atoms with Gasteiger partial charge in [0.25, 0.3) is 5.91 Å². The average Bonchev–Trinajstić information content (AvgIpc) is 2.64. The van der Waals surface area contributed by atoms with Crippen molar-refractivity contribution < 1.29 is 14.5 Å². The van der Waals surface area contributed by atoms with Crippen molar-refractivity contribution in [3.05, 3.63) is 29.8 Å². The number of aryl methyl sites for hydroxylation is 1. The topological polar surface area (TPSA) is 79.9 Å². The van der Waals surface area contributed by atoms with E-state index < -0.39 is 5.54 Å². The Kier molecular flexibility index (Phi) is 5.27. The molecule has 0 aliphatic carbocycles. The van der Waals surface area contributed by atoms with Crippen LogP contribution < -0.4 is 16.0 Å². The van der Waals surface area contributed by atoms with Crippen LogP contribution in [0.25, 0.3) is 0 Å². The molecule has 136 valence electrons. The smallest absolute Gasteiger partial charge is 0.321 e. The molecule has 2 saturated heterocycles. The molecule has 0 aromatic heterocycles. The number of nitrogens with one attached hydrogen (secondary N) is 2. The summed E-state index contributed by atoms with van der Waals surface area (Å²) in [7, 11) is 0. The van der Waals surface area contributed by atoms with Crippen LogP contribution >= 0.6 is 0 Å². The Bertz CT molecular complexity index is 615. The van der Waals surface area contributed by atoms with E-state index in [2.05, 4.69) is 5.32 Å². The standard InChI is InChI=1S/C19H28N4O2/c1-15-5-7-16(8-6-15)21-18(25)22-13-9-19(10-14-22,17(20)24)23-11-3-2-4-12-23/h5-8H,2-4,9-14H2,1H3,(H2,20,24)(H,21,25)/p+1. The fraction of sp³-hybridized carbons (Fsp3) is 0.579. The summed E-state index contributed by atoms with van der Waals surface area (Å²) in [5.74, 6) is -0.206. The first kappa shape index (κ1) is 17.7. The Morgan fingerprint density at radius 3 is 2.24 bits per heavy atom. The molecule has 2 aliphatic heterocycles. The maximum atomic E-state index is 12.5. The Morgan fingerprint density at radius 2 is 1.68 bits per heavy atom. The molecule has 2 heterocycles. The number of piperidine rings is 2. The summed E-state index contributed by atoms with van der Waals surface area (Å²) in [6.07, 6.45) is 4.85. The van der Waals surface area contributed by atoms with Crippen molar-refractivity contribution in [1.29, 1.82) is 0 Å². The highest BCUT2D eigenvalue weighted by atomic mass is 16.2. The van der Waals surface area contributed by atoms with E-state index in [4.69, 9.17) is 5.73 Å². The van der Waals surface area contributed by atoms with Crippen molar-refractivity contribution in [2.24, 2.45) is 5.73 Å². The van der Waals surface area contributed by atoms with Gasteiger partial charge in [0.15, 0.2) is 5.54 Å². The molecule has 1 aromatic carbocycles. The number of nitrogens with two attached hydrogens (primary N) is 1. The minimum absolute atomic E-state index is 0.101. The number of anilines is 1. The molecule has 0 saturated carbocycles. The summed E-state index contributed by atoms with van der Waals surface area (Å²) in [4.78, 5) is 27.9. The van der Waals surface area contributed by atoms with E-state index in [0.29, 0.717) is 25.9 Å². The number of hydrogen-bond acceptors (Lipinski definition) is 2. The third kappa shape index (κ3) is 3.79. The van der Waals surface area contributed by atoms with Gasteiger partial charge >= 0.3 is 6.03 Å². The summed E-state index contributed by atoms with van der Waals surface area (Å²) >= 11 is 0. The van der Waals surface area contributed by atoms with Gasteiger partial charge in [0.05, 0.1) is 13.1 Å². The van der Waals surface area contributed by atoms with Crippen LogP contribution in [0.3, 0.4) is 0 Å². The maximum absolute atomic E-state index is 12.5. The summed E-state index contributed by atoms with van der Waals surface area (Å²) < 4.78 is 0. The van der Waals surface area contributed by atoms with E-state index in [9.17, 15) is 9.59 Å². The summed E-state index contributed by atoms with van der Waals surface area (Å²) in [5, 5.41) is 2.94. The first-order valence-electron chi connectivity index (χ1n) is 9.29. The summed E-state index contributed by atoms with van der Waals surface area (Å²) in [5.41, 5.74) is 7.27. The van der Waals surface area contributed by atoms with E-state index in [1.165, 1.54) is 11.3 Å². The van der Waals surface area contributed by atoms with Gasteiger partial charge in [-0.1, -0.05) is 17.7 Å². The molecule has 6 heteroatoms. The number of urea groups is 1. The molecule has 3 rings (SSSR count). The van der Waals surface area contributed by atoms with Gasteiger partial charge in [-0.15, -0.1) is 0 Å². The van der Waals surface area contributed by atoms with Gasteiger partial charge in [-0.3, -0.25) is 4.79 Å². The van der Waals surface area contributed by atoms with Crippen LogP contribution in [0.4, 0.5) is 10.5 Å². The number of benzene rings is 1. The molecule has 25 heavy (non-hydrogen) atoms. The molecule has 0 atom stereocenters. The predicted octanol–water partition coefficient (Wildman–Crippen LogP) is 0.916. The first-order valence-corrected chi connectivity index (χ1v) is 9.29. The van der Waals surface area contributed by atoms with Crippen molar-refractivity contribution in [1.82, 2.24) is 4.90 Å². The molecule has 0 bridgehead atoms. The molecule has 0 unspecified atom stereocenters. The van der Waals surface area contributed by atoms with Crippen molar-refractivity contribution in [2.75, 3.05) is 31.5 Å². The fourth-order valence-electron chi connectivity index (χ4n) is 4.16. The zero-order valence-corrected chi connectivity index (χ0v) is 15.0. The molecule has 1 aromatic rings. The number of amides is 3. The number of carbonyl (C=O) groups excluding carboxylic acids is 2. The SMILES string of the molecule is Cc1ccc(NC(=O)N2CCC(C(N)=O)([NH+]3CCCCC3)CC2)cc1. The number of primary amides is 1. The van der Waals surface area contributed by atoms with Crippen molar-refractivity contribution in [3.8, 4) is 0 Å². The molecule has 4 N–H and O–H groups in total. The Hall–Kier alpha value is -2.08. The monoisotopic (exact) mass is 345 g/mol. The summed E-state index contributed by atoms with van der Waals surface area (Å²) in [6, 6.07) is 7.66. The number of rotatable bonds is 3. The van der Waals surface area contributed by atoms with Crippen LogP contribution in [0.1, 0.15) is 37.7 Å². The first-order chi connectivity index (χ1) is 12.0.